The molecule has 0 spiro atoms. The summed E-state index contributed by atoms with van der Waals surface area (Å²) < 4.78 is 2.44. The minimum Gasteiger partial charge on any atom is -0.310 e. The van der Waals surface area contributed by atoms with Gasteiger partial charge in [0.25, 0.3) is 0 Å². The van der Waals surface area contributed by atoms with Crippen molar-refractivity contribution >= 4 is 55.8 Å². The first-order valence-corrected chi connectivity index (χ1v) is 22.2. The highest BCUT2D eigenvalue weighted by Gasteiger charge is 2.38. The van der Waals surface area contributed by atoms with Crippen molar-refractivity contribution in [3.8, 4) is 16.8 Å². The van der Waals surface area contributed by atoms with Gasteiger partial charge in [0.05, 0.1) is 22.4 Å². The Labute approximate surface area is 378 Å². The van der Waals surface area contributed by atoms with Gasteiger partial charge in [-0.1, -0.05) is 157 Å². The number of hydrogen-bond donors (Lipinski definition) is 0. The van der Waals surface area contributed by atoms with Crippen molar-refractivity contribution in [2.24, 2.45) is 0 Å². The Kier molecular flexibility index (Phi) is 9.88. The third kappa shape index (κ3) is 6.26. The molecule has 10 rings (SSSR count). The van der Waals surface area contributed by atoms with E-state index in [0.717, 1.165) is 45.3 Å². The van der Waals surface area contributed by atoms with E-state index < -0.39 is 0 Å². The van der Waals surface area contributed by atoms with Crippen LogP contribution in [-0.4, -0.2) is 4.57 Å². The topological polar surface area (TPSA) is 11.4 Å². The van der Waals surface area contributed by atoms with Gasteiger partial charge in [0.2, 0.25) is 0 Å². The molecular weight excluding hydrogens is 775 g/mol. The summed E-state index contributed by atoms with van der Waals surface area (Å²) in [5.41, 5.74) is 19.5. The number of rotatable bonds is 10. The average molecular weight is 828 g/mol. The highest BCUT2D eigenvalue weighted by molar-refractivity contribution is 6.11. The number of allylic oxidation sites excluding steroid dienone is 8. The number of fused-ring (bicyclic) bond motifs is 6. The van der Waals surface area contributed by atoms with E-state index in [-0.39, 0.29) is 10.8 Å². The first-order valence-electron chi connectivity index (χ1n) is 22.2. The zero-order valence-corrected chi connectivity index (χ0v) is 37.4. The molecule has 0 amide bonds. The van der Waals surface area contributed by atoms with Gasteiger partial charge in [-0.05, 0) is 136 Å². The summed E-state index contributed by atoms with van der Waals surface area (Å²) >= 11 is 0. The van der Waals surface area contributed by atoms with Crippen LogP contribution in [0.5, 0.6) is 0 Å². The van der Waals surface area contributed by atoms with Gasteiger partial charge in [-0.3, -0.25) is 0 Å². The molecule has 3 nitrogen and oxygen atoms in total. The molecule has 1 aromatic heterocycles. The van der Waals surface area contributed by atoms with E-state index in [1.165, 1.54) is 60.8 Å². The molecule has 2 aliphatic rings. The number of nitrogens with zero attached hydrogens (tertiary/aromatic N) is 3. The Bertz CT molecular complexity index is 3260. The molecule has 0 N–H and O–H groups in total. The lowest BCUT2D eigenvalue weighted by atomic mass is 9.73. The standard InChI is InChI=1S/C61H53N3/c1-9-20-43(11-3)63-57-27-19-17-25-53(57)61(7,8)55-40-58-51(39-59(55)63)50-24-16-18-26-56(50)64(58)46-34-32-45(33-35-46)62(44-30-28-42(29-31-44)41-22-14-13-15-23-41)47-36-37-49-48(21-10-2)52(12-4)60(5,6)54(49)38-47/h9-40H,1,3-4H2,2,5-8H3/b21-10-,43-20+. The van der Waals surface area contributed by atoms with Crippen LogP contribution in [0.15, 0.2) is 225 Å². The lowest BCUT2D eigenvalue weighted by Gasteiger charge is -2.42. The van der Waals surface area contributed by atoms with E-state index in [9.17, 15) is 0 Å². The molecule has 312 valence electrons. The Hall–Kier alpha value is -7.62. The first kappa shape index (κ1) is 40.5. The molecule has 2 heterocycles. The van der Waals surface area contributed by atoms with Crippen molar-refractivity contribution in [3.63, 3.8) is 0 Å². The predicted molar refractivity (Wildman–Crippen MR) is 275 cm³/mol. The van der Waals surface area contributed by atoms with Gasteiger partial charge in [-0.2, -0.15) is 0 Å². The van der Waals surface area contributed by atoms with E-state index in [4.69, 9.17) is 0 Å². The Morgan fingerprint density at radius 3 is 1.92 bits per heavy atom. The van der Waals surface area contributed by atoms with E-state index >= 15 is 0 Å². The first-order chi connectivity index (χ1) is 31.1. The van der Waals surface area contributed by atoms with Crippen molar-refractivity contribution in [3.05, 3.63) is 247 Å². The lowest BCUT2D eigenvalue weighted by Crippen LogP contribution is -2.32. The van der Waals surface area contributed by atoms with Crippen molar-refractivity contribution in [1.82, 2.24) is 4.57 Å². The van der Waals surface area contributed by atoms with Gasteiger partial charge < -0.3 is 14.4 Å². The molecule has 3 heteroatoms. The maximum atomic E-state index is 4.25. The normalized spacial score (nSPS) is 15.0. The van der Waals surface area contributed by atoms with Crippen LogP contribution < -0.4 is 9.80 Å². The Morgan fingerprint density at radius 1 is 0.562 bits per heavy atom. The quantitative estimate of drug-likeness (QED) is 0.127. The molecule has 0 radical (unpaired) electrons. The van der Waals surface area contributed by atoms with Gasteiger partial charge in [0, 0.05) is 50.0 Å². The molecular formula is C61H53N3. The zero-order valence-electron chi connectivity index (χ0n) is 37.4. The summed E-state index contributed by atoms with van der Waals surface area (Å²) in [5.74, 6) is 0. The fraction of sp³-hybridized carbons (Fsp3) is 0.115. The second kappa shape index (κ2) is 15.6. The van der Waals surface area contributed by atoms with Crippen molar-refractivity contribution in [2.45, 2.75) is 45.4 Å². The summed E-state index contributed by atoms with van der Waals surface area (Å²) in [7, 11) is 0. The molecule has 64 heavy (non-hydrogen) atoms. The summed E-state index contributed by atoms with van der Waals surface area (Å²) in [6.45, 7) is 23.9. The van der Waals surface area contributed by atoms with Gasteiger partial charge in [0.1, 0.15) is 0 Å². The molecule has 7 aromatic carbocycles. The number of hydrogen-bond acceptors (Lipinski definition) is 2. The molecule has 8 aromatic rings. The van der Waals surface area contributed by atoms with E-state index in [1.807, 2.05) is 24.3 Å². The van der Waals surface area contributed by atoms with Crippen LogP contribution in [0.4, 0.5) is 28.4 Å². The van der Waals surface area contributed by atoms with Gasteiger partial charge >= 0.3 is 0 Å². The maximum absolute atomic E-state index is 4.25. The summed E-state index contributed by atoms with van der Waals surface area (Å²) in [6.07, 6.45) is 12.2. The molecule has 1 aliphatic heterocycles. The Balaban J connectivity index is 1.14. The van der Waals surface area contributed by atoms with E-state index in [0.29, 0.717) is 0 Å². The van der Waals surface area contributed by atoms with Crippen LogP contribution in [-0.2, 0) is 10.8 Å². The smallest absolute Gasteiger partial charge is 0.0545 e. The van der Waals surface area contributed by atoms with Crippen LogP contribution in [0.25, 0.3) is 44.2 Å². The van der Waals surface area contributed by atoms with Crippen LogP contribution in [0.3, 0.4) is 0 Å². The number of benzene rings is 7. The van der Waals surface area contributed by atoms with Gasteiger partial charge in [-0.25, -0.2) is 0 Å². The third-order valence-corrected chi connectivity index (χ3v) is 13.6. The number of anilines is 5. The second-order valence-corrected chi connectivity index (χ2v) is 17.9. The molecule has 0 fully saturated rings. The number of para-hydroxylation sites is 2. The van der Waals surface area contributed by atoms with Crippen LogP contribution >= 0.6 is 0 Å². The molecule has 0 bridgehead atoms. The average Bonchev–Trinajstić information content (AvgIpc) is 3.75. The predicted octanol–water partition coefficient (Wildman–Crippen LogP) is 16.8. The summed E-state index contributed by atoms with van der Waals surface area (Å²) in [4.78, 5) is 4.74. The van der Waals surface area contributed by atoms with Crippen molar-refractivity contribution in [2.75, 3.05) is 9.80 Å². The molecule has 0 atom stereocenters. The summed E-state index contributed by atoms with van der Waals surface area (Å²) in [6, 6.07) is 57.9. The van der Waals surface area contributed by atoms with Crippen LogP contribution in [0.1, 0.15) is 56.9 Å². The minimum absolute atomic E-state index is 0.201. The molecule has 1 aliphatic carbocycles. The zero-order chi connectivity index (χ0) is 44.3. The molecule has 0 unspecified atom stereocenters. The largest absolute Gasteiger partial charge is 0.310 e. The fourth-order valence-corrected chi connectivity index (χ4v) is 10.5. The van der Waals surface area contributed by atoms with Crippen molar-refractivity contribution in [1.29, 1.82) is 0 Å². The maximum Gasteiger partial charge on any atom is 0.0545 e. The monoisotopic (exact) mass is 827 g/mol. The van der Waals surface area contributed by atoms with E-state index in [2.05, 4.69) is 239 Å². The Morgan fingerprint density at radius 2 is 1.22 bits per heavy atom. The molecule has 0 saturated carbocycles. The summed E-state index contributed by atoms with van der Waals surface area (Å²) in [5, 5.41) is 2.41. The second-order valence-electron chi connectivity index (χ2n) is 17.9. The van der Waals surface area contributed by atoms with E-state index in [1.54, 1.807) is 0 Å². The number of aromatic nitrogens is 1. The highest BCUT2D eigenvalue weighted by atomic mass is 15.2. The van der Waals surface area contributed by atoms with Crippen LogP contribution in [0.2, 0.25) is 0 Å². The fourth-order valence-electron chi connectivity index (χ4n) is 10.5. The minimum atomic E-state index is -0.265. The van der Waals surface area contributed by atoms with Gasteiger partial charge in [0.15, 0.2) is 0 Å². The lowest BCUT2D eigenvalue weighted by molar-refractivity contribution is 0.631. The van der Waals surface area contributed by atoms with Crippen molar-refractivity contribution < 1.29 is 0 Å². The SMILES string of the molecule is C=C/C=C(\C=C)N1c2ccccc2C(C)(C)c2cc3c(cc21)c1ccccc1n3-c1ccc(N(c2ccc(-c3ccccc3)cc2)c2ccc3c(c2)C(C)(C)C(C=C)=C3/C=C\C)cc1. The highest BCUT2D eigenvalue weighted by Crippen LogP contribution is 2.53. The third-order valence-electron chi connectivity index (χ3n) is 13.6. The van der Waals surface area contributed by atoms with Gasteiger partial charge in [-0.15, -0.1) is 0 Å². The van der Waals surface area contributed by atoms with Crippen LogP contribution in [0, 0.1) is 0 Å². The molecule has 0 saturated heterocycles.